The molecule has 2 rings (SSSR count). The van der Waals surface area contributed by atoms with Gasteiger partial charge in [0.2, 0.25) is 5.91 Å². The van der Waals surface area contributed by atoms with E-state index < -0.39 is 0 Å². The first-order chi connectivity index (χ1) is 11.1. The van der Waals surface area contributed by atoms with Crippen molar-refractivity contribution < 1.29 is 14.3 Å². The van der Waals surface area contributed by atoms with Crippen molar-refractivity contribution in [1.29, 1.82) is 0 Å². The molecule has 0 bridgehead atoms. The zero-order valence-corrected chi connectivity index (χ0v) is 13.7. The Morgan fingerprint density at radius 1 is 1.22 bits per heavy atom. The normalized spacial score (nSPS) is 19.6. The maximum Gasteiger partial charge on any atom is 0.407 e. The van der Waals surface area contributed by atoms with Crippen LogP contribution in [0.15, 0.2) is 30.3 Å². The summed E-state index contributed by atoms with van der Waals surface area (Å²) in [6.45, 7) is 3.28. The number of carbonyl (C=O) groups is 2. The van der Waals surface area contributed by atoms with Gasteiger partial charge in [0.1, 0.15) is 6.61 Å². The maximum atomic E-state index is 11.7. The monoisotopic (exact) mass is 319 g/mol. The van der Waals surface area contributed by atoms with Gasteiger partial charge in [0.15, 0.2) is 0 Å². The van der Waals surface area contributed by atoms with E-state index in [4.69, 9.17) is 4.74 Å². The van der Waals surface area contributed by atoms with E-state index >= 15 is 0 Å². The second-order valence-electron chi connectivity index (χ2n) is 5.86. The lowest BCUT2D eigenvalue weighted by Gasteiger charge is -2.36. The number of alkyl carbamates (subject to hydrolysis) is 1. The molecule has 0 atom stereocenters. The van der Waals surface area contributed by atoms with Crippen LogP contribution in [0.25, 0.3) is 0 Å². The molecule has 0 aromatic heterocycles. The van der Waals surface area contributed by atoms with Crippen molar-refractivity contribution in [2.24, 2.45) is 0 Å². The van der Waals surface area contributed by atoms with Crippen molar-refractivity contribution in [3.63, 3.8) is 0 Å². The Hall–Kier alpha value is -2.08. The Labute approximate surface area is 137 Å². The number of carbonyl (C=O) groups excluding carboxylic acids is 2. The molecule has 6 nitrogen and oxygen atoms in total. The van der Waals surface area contributed by atoms with Gasteiger partial charge >= 0.3 is 6.09 Å². The van der Waals surface area contributed by atoms with Crippen molar-refractivity contribution in [1.82, 2.24) is 15.5 Å². The summed E-state index contributed by atoms with van der Waals surface area (Å²) in [6.07, 6.45) is 1.26. The summed E-state index contributed by atoms with van der Waals surface area (Å²) >= 11 is 0. The van der Waals surface area contributed by atoms with Crippen molar-refractivity contribution in [3.8, 4) is 0 Å². The first kappa shape index (κ1) is 17.3. The summed E-state index contributed by atoms with van der Waals surface area (Å²) in [5.74, 6) is 0.0891. The molecule has 0 radical (unpaired) electrons. The third kappa shape index (κ3) is 5.56. The number of nitrogens with zero attached hydrogens (tertiary/aromatic N) is 1. The molecule has 126 valence electrons. The largest absolute Gasteiger partial charge is 0.445 e. The zero-order chi connectivity index (χ0) is 16.7. The summed E-state index contributed by atoms with van der Waals surface area (Å²) in [5.41, 5.74) is 0.967. The Morgan fingerprint density at radius 2 is 1.91 bits per heavy atom. The molecule has 6 heteroatoms. The fraction of sp³-hybridized carbons (Fsp3) is 0.529. The molecule has 0 saturated heterocycles. The van der Waals surface area contributed by atoms with Crippen LogP contribution in [0, 0.1) is 0 Å². The molecule has 1 fully saturated rings. The van der Waals surface area contributed by atoms with Crippen LogP contribution < -0.4 is 10.6 Å². The maximum absolute atomic E-state index is 11.7. The second kappa shape index (κ2) is 8.53. The molecule has 1 saturated carbocycles. The van der Waals surface area contributed by atoms with Gasteiger partial charge in [-0.05, 0) is 25.3 Å². The minimum absolute atomic E-state index is 0.0891. The number of nitrogens with one attached hydrogen (secondary N) is 2. The average molecular weight is 319 g/mol. The van der Waals surface area contributed by atoms with E-state index in [0.29, 0.717) is 13.1 Å². The van der Waals surface area contributed by atoms with Crippen LogP contribution >= 0.6 is 0 Å². The Bertz CT molecular complexity index is 515. The molecular formula is C17H25N3O3. The Kier molecular flexibility index (Phi) is 6.40. The van der Waals surface area contributed by atoms with E-state index in [1.807, 2.05) is 37.3 Å². The average Bonchev–Trinajstić information content (AvgIpc) is 2.54. The number of amides is 2. The van der Waals surface area contributed by atoms with Crippen molar-refractivity contribution in [3.05, 3.63) is 35.9 Å². The quantitative estimate of drug-likeness (QED) is 0.799. The molecule has 1 aliphatic carbocycles. The van der Waals surface area contributed by atoms with Gasteiger partial charge in [-0.2, -0.15) is 0 Å². The van der Waals surface area contributed by atoms with Crippen molar-refractivity contribution >= 4 is 12.0 Å². The van der Waals surface area contributed by atoms with E-state index in [0.717, 1.165) is 18.4 Å². The fourth-order valence-corrected chi connectivity index (χ4v) is 2.38. The second-order valence-corrected chi connectivity index (χ2v) is 5.86. The molecule has 0 spiro atoms. The molecule has 1 aromatic rings. The van der Waals surface area contributed by atoms with Crippen LogP contribution in [0.5, 0.6) is 0 Å². The fourth-order valence-electron chi connectivity index (χ4n) is 2.38. The summed E-state index contributed by atoms with van der Waals surface area (Å²) in [7, 11) is 1.79. The molecule has 0 unspecified atom stereocenters. The third-order valence-corrected chi connectivity index (χ3v) is 4.11. The first-order valence-corrected chi connectivity index (χ1v) is 8.03. The first-order valence-electron chi connectivity index (χ1n) is 8.03. The minimum atomic E-state index is -0.390. The van der Waals surface area contributed by atoms with Gasteiger partial charge in [-0.3, -0.25) is 4.79 Å². The smallest absolute Gasteiger partial charge is 0.407 e. The van der Waals surface area contributed by atoms with Gasteiger partial charge in [0, 0.05) is 25.7 Å². The van der Waals surface area contributed by atoms with E-state index in [2.05, 4.69) is 10.6 Å². The lowest BCUT2D eigenvalue weighted by molar-refractivity contribution is -0.129. The number of hydrogen-bond acceptors (Lipinski definition) is 4. The highest BCUT2D eigenvalue weighted by Crippen LogP contribution is 2.20. The highest BCUT2D eigenvalue weighted by Gasteiger charge is 2.30. The molecule has 23 heavy (non-hydrogen) atoms. The van der Waals surface area contributed by atoms with Gasteiger partial charge in [-0.15, -0.1) is 0 Å². The van der Waals surface area contributed by atoms with Gasteiger partial charge in [-0.25, -0.2) is 4.79 Å². The molecule has 1 aromatic carbocycles. The Balaban J connectivity index is 1.57. The molecule has 0 aliphatic heterocycles. The number of likely N-dealkylation sites (N-methyl/N-ethyl adjacent to an activating group) is 1. The molecular weight excluding hydrogens is 294 g/mol. The van der Waals surface area contributed by atoms with E-state index in [1.54, 1.807) is 11.9 Å². The van der Waals surface area contributed by atoms with E-state index in [1.165, 1.54) is 0 Å². The lowest BCUT2D eigenvalue weighted by atomic mass is 9.87. The lowest BCUT2D eigenvalue weighted by Crippen LogP contribution is -2.54. The highest BCUT2D eigenvalue weighted by atomic mass is 16.5. The SMILES string of the molecule is CCN(C)C(=O)CNC1CC(NC(=O)OCc2ccccc2)C1. The standard InChI is InChI=1S/C17H25N3O3/c1-3-20(2)16(21)11-18-14-9-15(10-14)19-17(22)23-12-13-7-5-4-6-8-13/h4-8,14-15,18H,3,9-12H2,1-2H3,(H,19,22). The molecule has 0 heterocycles. The molecule has 2 amide bonds. The van der Waals surface area contributed by atoms with Gasteiger partial charge in [-0.1, -0.05) is 30.3 Å². The third-order valence-electron chi connectivity index (χ3n) is 4.11. The zero-order valence-electron chi connectivity index (χ0n) is 13.7. The van der Waals surface area contributed by atoms with Crippen LogP contribution in [0.3, 0.4) is 0 Å². The van der Waals surface area contributed by atoms with Gasteiger partial charge < -0.3 is 20.3 Å². The predicted molar refractivity (Wildman–Crippen MR) is 87.9 cm³/mol. The van der Waals surface area contributed by atoms with E-state index in [-0.39, 0.29) is 30.7 Å². The molecule has 2 N–H and O–H groups in total. The topological polar surface area (TPSA) is 70.7 Å². The number of rotatable bonds is 7. The Morgan fingerprint density at radius 3 is 2.57 bits per heavy atom. The van der Waals surface area contributed by atoms with Crippen LogP contribution in [-0.4, -0.2) is 49.1 Å². The van der Waals surface area contributed by atoms with Crippen molar-refractivity contribution in [2.75, 3.05) is 20.1 Å². The molecule has 1 aliphatic rings. The minimum Gasteiger partial charge on any atom is -0.445 e. The summed E-state index contributed by atoms with van der Waals surface area (Å²) in [6, 6.07) is 9.99. The number of hydrogen-bond donors (Lipinski definition) is 2. The van der Waals surface area contributed by atoms with Crippen LogP contribution in [-0.2, 0) is 16.1 Å². The van der Waals surface area contributed by atoms with Crippen molar-refractivity contribution in [2.45, 2.75) is 38.5 Å². The van der Waals surface area contributed by atoms with E-state index in [9.17, 15) is 9.59 Å². The van der Waals surface area contributed by atoms with Crippen LogP contribution in [0.1, 0.15) is 25.3 Å². The van der Waals surface area contributed by atoms with Crippen LogP contribution in [0.2, 0.25) is 0 Å². The predicted octanol–water partition coefficient (Wildman–Crippen LogP) is 1.51. The van der Waals surface area contributed by atoms with Crippen LogP contribution in [0.4, 0.5) is 4.79 Å². The summed E-state index contributed by atoms with van der Waals surface area (Å²) in [4.78, 5) is 25.1. The summed E-state index contributed by atoms with van der Waals surface area (Å²) < 4.78 is 5.18. The van der Waals surface area contributed by atoms with Gasteiger partial charge in [0.05, 0.1) is 6.54 Å². The highest BCUT2D eigenvalue weighted by molar-refractivity contribution is 5.77. The number of benzene rings is 1. The number of ether oxygens (including phenoxy) is 1. The van der Waals surface area contributed by atoms with Gasteiger partial charge in [0.25, 0.3) is 0 Å². The summed E-state index contributed by atoms with van der Waals surface area (Å²) in [5, 5.41) is 6.05.